The van der Waals surface area contributed by atoms with E-state index >= 15 is 0 Å². The summed E-state index contributed by atoms with van der Waals surface area (Å²) in [5.74, 6) is -4.30. The van der Waals surface area contributed by atoms with Crippen LogP contribution in [0.3, 0.4) is 0 Å². The second kappa shape index (κ2) is 21.3. The van der Waals surface area contributed by atoms with Crippen LogP contribution < -0.4 is 51.1 Å². The summed E-state index contributed by atoms with van der Waals surface area (Å²) in [6, 6.07) is 4.76. The molecule has 29 nitrogen and oxygen atoms in total. The molecule has 13 atom stereocenters. The van der Waals surface area contributed by atoms with Gasteiger partial charge in [-0.05, 0) is 77.3 Å². The fourth-order valence-corrected chi connectivity index (χ4v) is 14.4. The molecule has 3 amide bonds. The van der Waals surface area contributed by atoms with Gasteiger partial charge in [0, 0.05) is 36.0 Å². The minimum absolute atomic E-state index is 0. The van der Waals surface area contributed by atoms with E-state index in [-0.39, 0.29) is 70.4 Å². The van der Waals surface area contributed by atoms with E-state index in [2.05, 4.69) is 71.4 Å². The Morgan fingerprint density at radius 1 is 1.08 bits per heavy atom. The van der Waals surface area contributed by atoms with Crippen LogP contribution in [0.2, 0.25) is 0 Å². The van der Waals surface area contributed by atoms with Gasteiger partial charge in [0.05, 0.1) is 23.5 Å². The Morgan fingerprint density at radius 2 is 1.79 bits per heavy atom. The van der Waals surface area contributed by atoms with Crippen molar-refractivity contribution in [1.82, 2.24) is 44.5 Å². The van der Waals surface area contributed by atoms with Crippen LogP contribution in [0, 0.1) is 17.8 Å². The van der Waals surface area contributed by atoms with E-state index < -0.39 is 102 Å². The number of hydrogen-bond acceptors (Lipinski definition) is 20. The predicted octanol–water partition coefficient (Wildman–Crippen LogP) is -2.77. The van der Waals surface area contributed by atoms with E-state index in [0.717, 1.165) is 45.0 Å². The van der Waals surface area contributed by atoms with Gasteiger partial charge in [-0.15, -0.1) is 0 Å². The third-order valence-corrected chi connectivity index (χ3v) is 18.6. The predicted molar refractivity (Wildman–Crippen MR) is 260 cm³/mol. The number of ether oxygens (including phenoxy) is 2. The number of fused-ring (bicyclic) bond motifs is 6. The van der Waals surface area contributed by atoms with Gasteiger partial charge in [-0.2, -0.15) is 9.29 Å². The number of hydrogen-bond donors (Lipinski definition) is 10. The molecule has 34 heteroatoms. The number of nitrogens with one attached hydrogen (secondary N) is 3. The molecule has 10 rings (SSSR count). The molecule has 1 aromatic carbocycles. The number of carbonyl (C=O) groups excluding carboxylic acids is 3. The third kappa shape index (κ3) is 10.8. The summed E-state index contributed by atoms with van der Waals surface area (Å²) >= 11 is 3.70. The number of H-pyrrole nitrogens is 2. The SMILES string of the molecule is CC(C)C[C@H]1C(=O)N2CCC[C@H]2[C@]2(O)O[C@](NC(=O)[C@@H]3C=C4c5cccc6[nH]c(Br)c(c56)C[C@H]4N(C)C3)(C(C)C)C(=O)N12.Nc1nc2c(ncn2[C@@H]2O[C@H](COP(=O)(O)OP(=O)(O)OP(=O)([O-])O)[C@@H](O)[C@H]2O)c(=O)[nH]1.[Na+]. The summed E-state index contributed by atoms with van der Waals surface area (Å²) in [6.07, 6.45) is -0.890. The molecule has 4 fully saturated rings. The van der Waals surface area contributed by atoms with E-state index in [1.165, 1.54) is 15.8 Å². The summed E-state index contributed by atoms with van der Waals surface area (Å²) in [4.78, 5) is 110. The summed E-state index contributed by atoms with van der Waals surface area (Å²) < 4.78 is 58.7. The number of piperazine rings is 1. The standard InChI is InChI=1S/C32H40BrN5O5.C10H16N5O14P3.Na/c1-16(2)12-24-29(40)37-11-7-10-25(37)32(42)38(24)30(41)31(43-32,17(3)4)35-28(39)18-13-20-19-8-6-9-22-26(19)21(27(33)34-22)14-23(20)36(5)15-18;11-10-13-7-4(8(18)14-10)12-2-15(7)9-6(17)5(16)3(27-9)1-26-31(22,23)29-32(24,25)28-30(19,20)21;/h6,8-9,13,16-18,23-25,34,42H,7,10-12,14-15H2,1-5H3,(H,35,39);2-3,5-6,9,16-17H,1H2,(H,22,23)(H,24,25)(H2,19,20,21)(H3,11,13,14,18);/q;;+1/p-1/t18-,23-,24+,25+,31-,32+;3-,5-,6-,9-;/m11./s1. The molecular weight excluding hydrogens is 1140 g/mol. The van der Waals surface area contributed by atoms with Crippen molar-refractivity contribution in [3.63, 3.8) is 0 Å². The number of imidazole rings is 1. The van der Waals surface area contributed by atoms with Crippen LogP contribution in [0.1, 0.15) is 64.3 Å². The summed E-state index contributed by atoms with van der Waals surface area (Å²) in [7, 11) is -15.1. The Kier molecular flexibility index (Phi) is 16.5. The number of phosphoric ester groups is 1. The maximum Gasteiger partial charge on any atom is 1.00 e. The average Bonchev–Trinajstić information content (AvgIpc) is 4.14. The first kappa shape index (κ1) is 58.8. The van der Waals surface area contributed by atoms with Crippen molar-refractivity contribution in [2.45, 2.75) is 108 Å². The first-order valence-electron chi connectivity index (χ1n) is 23.6. The number of phosphoric acid groups is 3. The minimum Gasteiger partial charge on any atom is -0.756 e. The van der Waals surface area contributed by atoms with Crippen molar-refractivity contribution in [1.29, 1.82) is 0 Å². The van der Waals surface area contributed by atoms with Gasteiger partial charge in [0.25, 0.3) is 25.2 Å². The van der Waals surface area contributed by atoms with Crippen molar-refractivity contribution in [3.05, 3.63) is 56.7 Å². The number of carbonyl (C=O) groups is 3. The molecule has 4 saturated heterocycles. The molecule has 3 aromatic heterocycles. The van der Waals surface area contributed by atoms with E-state index in [4.69, 9.17) is 25.0 Å². The van der Waals surface area contributed by atoms with Crippen molar-refractivity contribution in [2.75, 3.05) is 32.5 Å². The first-order chi connectivity index (χ1) is 35.0. The zero-order chi connectivity index (χ0) is 54.6. The van der Waals surface area contributed by atoms with E-state index in [9.17, 15) is 58.0 Å². The summed E-state index contributed by atoms with van der Waals surface area (Å²) in [5.41, 5.74) is 7.15. The average molecular weight is 1200 g/mol. The number of nitrogen functional groups attached to an aromatic ring is 1. The summed E-state index contributed by atoms with van der Waals surface area (Å²) in [5, 5.41) is 36.7. The molecule has 8 heterocycles. The van der Waals surface area contributed by atoms with E-state index in [1.807, 2.05) is 33.0 Å². The zero-order valence-corrected chi connectivity index (χ0v) is 47.9. The topological polar surface area (TPSA) is 420 Å². The van der Waals surface area contributed by atoms with E-state index in [0.29, 0.717) is 25.9 Å². The molecule has 3 unspecified atom stereocenters. The Balaban J connectivity index is 0.000000208. The van der Waals surface area contributed by atoms with Gasteiger partial charge in [-0.25, -0.2) is 18.4 Å². The van der Waals surface area contributed by atoms with Crippen LogP contribution in [0.5, 0.6) is 0 Å². The molecule has 0 radical (unpaired) electrons. The summed E-state index contributed by atoms with van der Waals surface area (Å²) in [6.45, 7) is 7.54. The second-order valence-corrected chi connectivity index (χ2v) is 25.0. The van der Waals surface area contributed by atoms with Crippen LogP contribution >= 0.6 is 39.4 Å². The van der Waals surface area contributed by atoms with Gasteiger partial charge in [-0.1, -0.05) is 45.9 Å². The molecule has 5 aliphatic heterocycles. The fraction of sp³-hybridized carbons (Fsp3) is 0.571. The van der Waals surface area contributed by atoms with Gasteiger partial charge in [0.15, 0.2) is 17.4 Å². The minimum atomic E-state index is -5.82. The zero-order valence-electron chi connectivity index (χ0n) is 41.6. The van der Waals surface area contributed by atoms with Gasteiger partial charge in [-0.3, -0.25) is 52.4 Å². The number of rotatable bonds is 13. The first-order valence-corrected chi connectivity index (χ1v) is 28.8. The molecule has 76 heavy (non-hydrogen) atoms. The molecule has 0 bridgehead atoms. The Labute approximate surface area is 462 Å². The van der Waals surface area contributed by atoms with Crippen LogP contribution in [0.15, 0.2) is 40.0 Å². The fourth-order valence-electron chi connectivity index (χ4n) is 10.8. The molecular formula is C42H55BrN10NaO19P3. The number of likely N-dealkylation sites (N-methyl/N-ethyl adjacent to an activating group) is 1. The normalized spacial score (nSPS) is 31.5. The van der Waals surface area contributed by atoms with Crippen LogP contribution in [-0.2, 0) is 57.1 Å². The van der Waals surface area contributed by atoms with Gasteiger partial charge >= 0.3 is 45.2 Å². The molecule has 410 valence electrons. The smallest absolute Gasteiger partial charge is 0.756 e. The molecule has 4 aromatic rings. The quantitative estimate of drug-likeness (QED) is 0.0478. The monoisotopic (exact) mass is 1200 g/mol. The number of aliphatic hydroxyl groups is 3. The number of nitrogens with two attached hydrogens (primary N) is 1. The van der Waals surface area contributed by atoms with Gasteiger partial charge < -0.3 is 60.6 Å². The molecule has 6 aliphatic rings. The number of anilines is 1. The molecule has 11 N–H and O–H groups in total. The number of amides is 3. The van der Waals surface area contributed by atoms with Crippen LogP contribution in [-0.4, -0.2) is 162 Å². The van der Waals surface area contributed by atoms with Crippen molar-refractivity contribution in [3.8, 4) is 0 Å². The largest absolute Gasteiger partial charge is 1.00 e. The molecule has 1 aliphatic carbocycles. The van der Waals surface area contributed by atoms with Gasteiger partial charge in [0.2, 0.25) is 23.5 Å². The molecule has 0 saturated carbocycles. The number of aromatic nitrogens is 5. The van der Waals surface area contributed by atoms with Crippen molar-refractivity contribution in [2.24, 2.45) is 17.8 Å². The Morgan fingerprint density at radius 3 is 2.46 bits per heavy atom. The third-order valence-electron chi connectivity index (χ3n) is 14.1. The number of aromatic amines is 2. The second-order valence-electron chi connectivity index (χ2n) is 19.9. The molecule has 0 spiro atoms. The van der Waals surface area contributed by atoms with Crippen LogP contribution in [0.4, 0.5) is 5.95 Å². The number of halogens is 1. The Bertz CT molecular complexity index is 3210. The number of aliphatic hydroxyl groups excluding tert-OH is 2. The maximum atomic E-state index is 14.4. The van der Waals surface area contributed by atoms with Crippen molar-refractivity contribution >= 4 is 90.7 Å². The van der Waals surface area contributed by atoms with E-state index in [1.54, 1.807) is 18.7 Å². The van der Waals surface area contributed by atoms with Crippen molar-refractivity contribution < 1.29 is 115 Å². The maximum absolute atomic E-state index is 14.4. The number of benzene rings is 1. The van der Waals surface area contributed by atoms with Crippen LogP contribution in [0.25, 0.3) is 27.6 Å². The van der Waals surface area contributed by atoms with Gasteiger partial charge in [0.1, 0.15) is 30.4 Å². The Hall–Kier alpha value is -3.29. The number of nitrogens with zero attached hydrogens (tertiary/aromatic N) is 6.